The van der Waals surface area contributed by atoms with E-state index in [-0.39, 0.29) is 0 Å². The Labute approximate surface area is 86.2 Å². The number of guanidine groups is 1. The zero-order valence-electron chi connectivity index (χ0n) is 9.59. The molecule has 80 valence electrons. The summed E-state index contributed by atoms with van der Waals surface area (Å²) in [5.74, 6) is 0.635. The first kappa shape index (κ1) is 9.81. The van der Waals surface area contributed by atoms with Crippen molar-refractivity contribution in [3.05, 3.63) is 0 Å². The van der Waals surface area contributed by atoms with Crippen molar-refractivity contribution >= 4 is 5.96 Å². The lowest BCUT2D eigenvalue weighted by atomic mass is 10.0. The predicted octanol–water partition coefficient (Wildman–Crippen LogP) is 1.49. The lowest BCUT2D eigenvalue weighted by Gasteiger charge is -2.03. The van der Waals surface area contributed by atoms with Gasteiger partial charge in [-0.3, -0.25) is 0 Å². The number of nitrogens with zero attached hydrogens (tertiary/aromatic N) is 1. The van der Waals surface area contributed by atoms with Crippen molar-refractivity contribution in [2.24, 2.45) is 21.6 Å². The van der Waals surface area contributed by atoms with Gasteiger partial charge in [0.25, 0.3) is 0 Å². The van der Waals surface area contributed by atoms with E-state index in [1.165, 1.54) is 12.8 Å². The van der Waals surface area contributed by atoms with Crippen molar-refractivity contribution in [1.82, 2.24) is 5.32 Å². The van der Waals surface area contributed by atoms with E-state index in [0.717, 1.165) is 0 Å². The highest BCUT2D eigenvalue weighted by Gasteiger charge is 2.65. The van der Waals surface area contributed by atoms with Crippen molar-refractivity contribution in [3.8, 4) is 0 Å². The fourth-order valence-corrected chi connectivity index (χ4v) is 2.10. The Balaban J connectivity index is 1.97. The highest BCUT2D eigenvalue weighted by atomic mass is 15.2. The molecular formula is C11H21N3. The molecule has 0 aromatic rings. The third kappa shape index (κ3) is 1.39. The fraction of sp³-hybridized carbons (Fsp3) is 0.909. The summed E-state index contributed by atoms with van der Waals surface area (Å²) in [6, 6.07) is 0.977. The average molecular weight is 195 g/mol. The van der Waals surface area contributed by atoms with Crippen LogP contribution in [0.15, 0.2) is 4.99 Å². The average Bonchev–Trinajstić information content (AvgIpc) is 2.89. The molecule has 0 bridgehead atoms. The molecule has 3 N–H and O–H groups in total. The second-order valence-electron chi connectivity index (χ2n) is 5.78. The van der Waals surface area contributed by atoms with Gasteiger partial charge in [-0.05, 0) is 23.7 Å². The molecule has 0 aromatic heterocycles. The zero-order valence-corrected chi connectivity index (χ0v) is 9.59. The van der Waals surface area contributed by atoms with Crippen LogP contribution >= 0.6 is 0 Å². The minimum absolute atomic E-state index is 0.294. The van der Waals surface area contributed by atoms with E-state index >= 15 is 0 Å². The third-order valence-corrected chi connectivity index (χ3v) is 4.14. The fourth-order valence-electron chi connectivity index (χ4n) is 2.10. The normalized spacial score (nSPS) is 30.1. The van der Waals surface area contributed by atoms with E-state index in [2.05, 4.69) is 38.0 Å². The molecule has 0 aromatic carbocycles. The molecule has 0 heterocycles. The van der Waals surface area contributed by atoms with Crippen molar-refractivity contribution in [1.29, 1.82) is 0 Å². The van der Waals surface area contributed by atoms with Gasteiger partial charge in [0.2, 0.25) is 0 Å². The van der Waals surface area contributed by atoms with Crippen LogP contribution in [0, 0.1) is 10.8 Å². The number of aliphatic imine (C=N–C) groups is 1. The van der Waals surface area contributed by atoms with Gasteiger partial charge in [-0.15, -0.1) is 0 Å². The standard InChI is InChI=1S/C11H21N3/c1-10(2)8(11(10,3)4)14-9(12)13-7-5-6-7/h7-8H,5-6H2,1-4H3,(H3,12,13,14). The molecule has 2 saturated carbocycles. The Bertz CT molecular complexity index is 260. The number of nitrogens with one attached hydrogen (secondary N) is 1. The number of hydrogen-bond acceptors (Lipinski definition) is 1. The molecule has 2 aliphatic carbocycles. The molecule has 2 aliphatic rings. The van der Waals surface area contributed by atoms with Gasteiger partial charge in [0, 0.05) is 6.04 Å². The molecule has 0 amide bonds. The summed E-state index contributed by atoms with van der Waals surface area (Å²) in [5, 5.41) is 3.23. The topological polar surface area (TPSA) is 50.4 Å². The number of nitrogens with two attached hydrogens (primary N) is 1. The molecule has 0 unspecified atom stereocenters. The Morgan fingerprint density at radius 1 is 1.21 bits per heavy atom. The predicted molar refractivity (Wildman–Crippen MR) is 59.1 cm³/mol. The largest absolute Gasteiger partial charge is 0.370 e. The van der Waals surface area contributed by atoms with E-state index in [1.807, 2.05) is 0 Å². The maximum atomic E-state index is 5.84. The summed E-state index contributed by atoms with van der Waals surface area (Å²) in [5.41, 5.74) is 6.43. The summed E-state index contributed by atoms with van der Waals surface area (Å²) in [6.07, 6.45) is 2.49. The first-order chi connectivity index (χ1) is 6.35. The van der Waals surface area contributed by atoms with Crippen LogP contribution < -0.4 is 11.1 Å². The summed E-state index contributed by atoms with van der Waals surface area (Å²) >= 11 is 0. The highest BCUT2D eigenvalue weighted by molar-refractivity contribution is 5.79. The third-order valence-electron chi connectivity index (χ3n) is 4.14. The van der Waals surface area contributed by atoms with Gasteiger partial charge < -0.3 is 11.1 Å². The van der Waals surface area contributed by atoms with Gasteiger partial charge in [-0.25, -0.2) is 4.99 Å². The minimum Gasteiger partial charge on any atom is -0.370 e. The first-order valence-corrected chi connectivity index (χ1v) is 5.45. The molecule has 0 radical (unpaired) electrons. The van der Waals surface area contributed by atoms with Crippen LogP contribution in [0.2, 0.25) is 0 Å². The monoisotopic (exact) mass is 195 g/mol. The number of rotatable bonds is 2. The summed E-state index contributed by atoms with van der Waals surface area (Å²) in [7, 11) is 0. The zero-order chi connectivity index (χ0) is 10.6. The lowest BCUT2D eigenvalue weighted by molar-refractivity contribution is 0.457. The molecule has 14 heavy (non-hydrogen) atoms. The molecular weight excluding hydrogens is 174 g/mol. The van der Waals surface area contributed by atoms with Gasteiger partial charge in [-0.2, -0.15) is 0 Å². The molecule has 0 saturated heterocycles. The summed E-state index contributed by atoms with van der Waals surface area (Å²) in [4.78, 5) is 4.56. The maximum absolute atomic E-state index is 5.84. The Hall–Kier alpha value is -0.730. The Kier molecular flexibility index (Phi) is 1.85. The van der Waals surface area contributed by atoms with Gasteiger partial charge in [0.15, 0.2) is 5.96 Å². The van der Waals surface area contributed by atoms with Crippen LogP contribution in [-0.4, -0.2) is 18.0 Å². The second kappa shape index (κ2) is 2.65. The van der Waals surface area contributed by atoms with Crippen molar-refractivity contribution in [3.63, 3.8) is 0 Å². The molecule has 3 nitrogen and oxygen atoms in total. The van der Waals surface area contributed by atoms with E-state index < -0.39 is 0 Å². The molecule has 0 aliphatic heterocycles. The van der Waals surface area contributed by atoms with Gasteiger partial charge in [0.05, 0.1) is 6.04 Å². The maximum Gasteiger partial charge on any atom is 0.189 e. The van der Waals surface area contributed by atoms with E-state index in [4.69, 9.17) is 5.73 Å². The molecule has 3 heteroatoms. The smallest absolute Gasteiger partial charge is 0.189 e. The second-order valence-corrected chi connectivity index (χ2v) is 5.78. The van der Waals surface area contributed by atoms with Crippen LogP contribution in [0.5, 0.6) is 0 Å². The quantitative estimate of drug-likeness (QED) is 0.518. The van der Waals surface area contributed by atoms with E-state index in [9.17, 15) is 0 Å². The van der Waals surface area contributed by atoms with Crippen LogP contribution in [0.25, 0.3) is 0 Å². The van der Waals surface area contributed by atoms with Crippen molar-refractivity contribution in [2.75, 3.05) is 0 Å². The molecule has 2 fully saturated rings. The van der Waals surface area contributed by atoms with Crippen molar-refractivity contribution < 1.29 is 0 Å². The first-order valence-electron chi connectivity index (χ1n) is 5.45. The molecule has 0 atom stereocenters. The van der Waals surface area contributed by atoms with E-state index in [1.54, 1.807) is 0 Å². The van der Waals surface area contributed by atoms with Crippen LogP contribution in [-0.2, 0) is 0 Å². The van der Waals surface area contributed by atoms with Gasteiger partial charge in [0.1, 0.15) is 0 Å². The van der Waals surface area contributed by atoms with E-state index in [0.29, 0.717) is 28.9 Å². The summed E-state index contributed by atoms with van der Waals surface area (Å²) in [6.45, 7) is 9.02. The highest BCUT2D eigenvalue weighted by Crippen LogP contribution is 2.64. The number of hydrogen-bond donors (Lipinski definition) is 2. The van der Waals surface area contributed by atoms with Crippen molar-refractivity contribution in [2.45, 2.75) is 52.6 Å². The van der Waals surface area contributed by atoms with Crippen LogP contribution in [0.4, 0.5) is 0 Å². The Morgan fingerprint density at radius 2 is 1.71 bits per heavy atom. The minimum atomic E-state index is 0.294. The van der Waals surface area contributed by atoms with Gasteiger partial charge in [-0.1, -0.05) is 27.7 Å². The SMILES string of the molecule is CC1(C)C(N=C(N)NC2CC2)C1(C)C. The molecule has 0 spiro atoms. The van der Waals surface area contributed by atoms with Crippen LogP contribution in [0.3, 0.4) is 0 Å². The lowest BCUT2D eigenvalue weighted by Crippen LogP contribution is -2.33. The Morgan fingerprint density at radius 3 is 2.07 bits per heavy atom. The van der Waals surface area contributed by atoms with Crippen LogP contribution in [0.1, 0.15) is 40.5 Å². The summed E-state index contributed by atoms with van der Waals surface area (Å²) < 4.78 is 0. The molecule has 2 rings (SSSR count). The van der Waals surface area contributed by atoms with Gasteiger partial charge >= 0.3 is 0 Å².